The number of guanidine groups is 1. The molecule has 2 rings (SSSR count). The molecular formula is C20H26Cl2N4O. The number of aliphatic imine (C=N–C) groups is 1. The molecule has 2 aromatic rings. The maximum atomic E-state index is 11.7. The number of benzene rings is 1. The van der Waals surface area contributed by atoms with Gasteiger partial charge >= 0.3 is 0 Å². The Hall–Kier alpha value is -1.98. The van der Waals surface area contributed by atoms with E-state index in [1.165, 1.54) is 0 Å². The Morgan fingerprint density at radius 3 is 2.70 bits per heavy atom. The number of pyridine rings is 1. The highest BCUT2D eigenvalue weighted by molar-refractivity contribution is 6.42. The lowest BCUT2D eigenvalue weighted by atomic mass is 10.2. The minimum absolute atomic E-state index is 0.0377. The zero-order chi connectivity index (χ0) is 19.6. The third-order valence-corrected chi connectivity index (χ3v) is 4.81. The van der Waals surface area contributed by atoms with Crippen molar-refractivity contribution in [1.82, 2.24) is 14.8 Å². The van der Waals surface area contributed by atoms with Crippen molar-refractivity contribution in [1.29, 1.82) is 0 Å². The van der Waals surface area contributed by atoms with Crippen molar-refractivity contribution >= 4 is 29.2 Å². The summed E-state index contributed by atoms with van der Waals surface area (Å²) in [6.07, 6.45) is 3.64. The summed E-state index contributed by atoms with van der Waals surface area (Å²) in [7, 11) is 1.99. The molecule has 0 radical (unpaired) electrons. The fourth-order valence-electron chi connectivity index (χ4n) is 2.68. The first-order chi connectivity index (χ1) is 13.0. The average molecular weight is 409 g/mol. The van der Waals surface area contributed by atoms with Crippen molar-refractivity contribution in [2.24, 2.45) is 4.99 Å². The van der Waals surface area contributed by atoms with Gasteiger partial charge in [0.2, 0.25) is 5.56 Å². The lowest BCUT2D eigenvalue weighted by Gasteiger charge is -2.22. The van der Waals surface area contributed by atoms with Crippen LogP contribution in [0.5, 0.6) is 0 Å². The van der Waals surface area contributed by atoms with E-state index in [-0.39, 0.29) is 5.56 Å². The molecule has 0 saturated carbocycles. The SMILES string of the molecule is CCNC(=NCCCCn1ccccc1=O)N(C)Cc1ccc(Cl)c(Cl)c1. The van der Waals surface area contributed by atoms with Crippen molar-refractivity contribution in [3.63, 3.8) is 0 Å². The van der Waals surface area contributed by atoms with E-state index in [1.807, 2.05) is 44.4 Å². The van der Waals surface area contributed by atoms with Crippen molar-refractivity contribution in [3.8, 4) is 0 Å². The Labute approximate surface area is 170 Å². The van der Waals surface area contributed by atoms with Crippen LogP contribution >= 0.6 is 23.2 Å². The van der Waals surface area contributed by atoms with Gasteiger partial charge in [0.25, 0.3) is 0 Å². The molecule has 0 spiro atoms. The first-order valence-electron chi connectivity index (χ1n) is 9.10. The van der Waals surface area contributed by atoms with Crippen molar-refractivity contribution in [2.45, 2.75) is 32.9 Å². The quantitative estimate of drug-likeness (QED) is 0.407. The summed E-state index contributed by atoms with van der Waals surface area (Å²) in [5.41, 5.74) is 1.11. The Morgan fingerprint density at radius 2 is 2.00 bits per heavy atom. The van der Waals surface area contributed by atoms with E-state index in [1.54, 1.807) is 16.7 Å². The molecule has 0 amide bonds. The molecule has 0 bridgehead atoms. The molecule has 1 aromatic carbocycles. The zero-order valence-corrected chi connectivity index (χ0v) is 17.3. The van der Waals surface area contributed by atoms with Crippen LogP contribution in [0.1, 0.15) is 25.3 Å². The molecule has 7 heteroatoms. The molecule has 5 nitrogen and oxygen atoms in total. The number of hydrogen-bond donors (Lipinski definition) is 1. The van der Waals surface area contributed by atoms with Crippen molar-refractivity contribution < 1.29 is 0 Å². The molecule has 1 aromatic heterocycles. The zero-order valence-electron chi connectivity index (χ0n) is 15.8. The van der Waals surface area contributed by atoms with Gasteiger partial charge in [-0.2, -0.15) is 0 Å². The van der Waals surface area contributed by atoms with Crippen molar-refractivity contribution in [2.75, 3.05) is 20.1 Å². The van der Waals surface area contributed by atoms with Gasteiger partial charge in [-0.25, -0.2) is 0 Å². The number of unbranched alkanes of at least 4 members (excludes halogenated alkanes) is 1. The first kappa shape index (κ1) is 21.3. The Kier molecular flexibility index (Phi) is 8.69. The summed E-state index contributed by atoms with van der Waals surface area (Å²) in [6, 6.07) is 10.9. The molecule has 1 heterocycles. The van der Waals surface area contributed by atoms with E-state index in [0.717, 1.165) is 30.9 Å². The van der Waals surface area contributed by atoms with E-state index in [0.29, 0.717) is 29.7 Å². The summed E-state index contributed by atoms with van der Waals surface area (Å²) in [6.45, 7) is 4.94. The van der Waals surface area contributed by atoms with Crippen LogP contribution in [-0.4, -0.2) is 35.6 Å². The summed E-state index contributed by atoms with van der Waals surface area (Å²) >= 11 is 12.1. The van der Waals surface area contributed by atoms with Gasteiger partial charge in [0, 0.05) is 45.5 Å². The molecule has 146 valence electrons. The molecule has 0 aliphatic carbocycles. The van der Waals surface area contributed by atoms with Gasteiger partial charge in [0.15, 0.2) is 5.96 Å². The average Bonchev–Trinajstić information content (AvgIpc) is 2.65. The molecule has 27 heavy (non-hydrogen) atoms. The lowest BCUT2D eigenvalue weighted by Crippen LogP contribution is -2.38. The second-order valence-electron chi connectivity index (χ2n) is 6.28. The fraction of sp³-hybridized carbons (Fsp3) is 0.400. The molecule has 0 aliphatic heterocycles. The number of halogens is 2. The number of hydrogen-bond acceptors (Lipinski definition) is 2. The van der Waals surface area contributed by atoms with Crippen molar-refractivity contribution in [3.05, 3.63) is 68.6 Å². The van der Waals surface area contributed by atoms with Crippen LogP contribution in [0, 0.1) is 0 Å². The summed E-state index contributed by atoms with van der Waals surface area (Å²) in [5.74, 6) is 0.848. The van der Waals surface area contributed by atoms with Gasteiger partial charge in [-0.1, -0.05) is 35.3 Å². The van der Waals surface area contributed by atoms with Gasteiger partial charge in [-0.05, 0) is 43.5 Å². The normalized spacial score (nSPS) is 11.5. The van der Waals surface area contributed by atoms with Crippen LogP contribution in [0.15, 0.2) is 52.4 Å². The van der Waals surface area contributed by atoms with Gasteiger partial charge in [-0.15, -0.1) is 0 Å². The Morgan fingerprint density at radius 1 is 1.19 bits per heavy atom. The van der Waals surface area contributed by atoms with Crippen LogP contribution in [0.3, 0.4) is 0 Å². The van der Waals surface area contributed by atoms with Crippen LogP contribution < -0.4 is 10.9 Å². The van der Waals surface area contributed by atoms with E-state index in [2.05, 4.69) is 15.2 Å². The maximum Gasteiger partial charge on any atom is 0.250 e. The predicted octanol–water partition coefficient (Wildman–Crippen LogP) is 4.03. The highest BCUT2D eigenvalue weighted by Gasteiger charge is 2.08. The van der Waals surface area contributed by atoms with E-state index in [4.69, 9.17) is 23.2 Å². The topological polar surface area (TPSA) is 49.6 Å². The van der Waals surface area contributed by atoms with Crippen LogP contribution in [0.2, 0.25) is 10.0 Å². The minimum atomic E-state index is 0.0377. The molecule has 0 unspecified atom stereocenters. The highest BCUT2D eigenvalue weighted by Crippen LogP contribution is 2.23. The van der Waals surface area contributed by atoms with Gasteiger partial charge in [0.05, 0.1) is 10.0 Å². The minimum Gasteiger partial charge on any atom is -0.357 e. The Bertz CT molecular complexity index is 820. The van der Waals surface area contributed by atoms with E-state index < -0.39 is 0 Å². The smallest absolute Gasteiger partial charge is 0.250 e. The fourth-order valence-corrected chi connectivity index (χ4v) is 3.00. The van der Waals surface area contributed by atoms with Gasteiger partial charge in [0.1, 0.15) is 0 Å². The first-order valence-corrected chi connectivity index (χ1v) is 9.85. The molecule has 0 aliphatic rings. The molecule has 0 saturated heterocycles. The molecule has 1 N–H and O–H groups in total. The number of nitrogens with zero attached hydrogens (tertiary/aromatic N) is 3. The van der Waals surface area contributed by atoms with Gasteiger partial charge in [-0.3, -0.25) is 9.79 Å². The molecular weight excluding hydrogens is 383 g/mol. The highest BCUT2D eigenvalue weighted by atomic mass is 35.5. The number of rotatable bonds is 8. The number of aromatic nitrogens is 1. The monoisotopic (exact) mass is 408 g/mol. The Balaban J connectivity index is 1.87. The third-order valence-electron chi connectivity index (χ3n) is 4.07. The third kappa shape index (κ3) is 6.92. The van der Waals surface area contributed by atoms with Gasteiger partial charge < -0.3 is 14.8 Å². The lowest BCUT2D eigenvalue weighted by molar-refractivity contribution is 0.475. The largest absolute Gasteiger partial charge is 0.357 e. The summed E-state index contributed by atoms with van der Waals surface area (Å²) in [5, 5.41) is 4.42. The second kappa shape index (κ2) is 11.0. The maximum absolute atomic E-state index is 11.7. The van der Waals surface area contributed by atoms with E-state index >= 15 is 0 Å². The summed E-state index contributed by atoms with van der Waals surface area (Å²) < 4.78 is 1.73. The van der Waals surface area contributed by atoms with E-state index in [9.17, 15) is 4.79 Å². The molecule has 0 fully saturated rings. The summed E-state index contributed by atoms with van der Waals surface area (Å²) in [4.78, 5) is 18.4. The second-order valence-corrected chi connectivity index (χ2v) is 7.09. The van der Waals surface area contributed by atoms with Crippen LogP contribution in [-0.2, 0) is 13.1 Å². The number of nitrogens with one attached hydrogen (secondary N) is 1. The van der Waals surface area contributed by atoms with Crippen LogP contribution in [0.25, 0.3) is 0 Å². The standard InChI is InChI=1S/C20H26Cl2N4O/c1-3-23-20(25(2)15-16-9-10-17(21)18(22)14-16)24-11-5-7-13-26-12-6-4-8-19(26)27/h4,6,8-10,12,14H,3,5,7,11,13,15H2,1-2H3,(H,23,24). The van der Waals surface area contributed by atoms with Crippen LogP contribution in [0.4, 0.5) is 0 Å². The predicted molar refractivity (Wildman–Crippen MR) is 114 cm³/mol. The number of aryl methyl sites for hydroxylation is 1. The molecule has 0 atom stereocenters.